The summed E-state index contributed by atoms with van der Waals surface area (Å²) in [5, 5.41) is 23.5. The largest absolute Gasteiger partial charge is 0.396 e. The molecule has 3 amide bonds. The van der Waals surface area contributed by atoms with Gasteiger partial charge in [-0.2, -0.15) is 0 Å². The third kappa shape index (κ3) is 5.85. The number of piperidine rings is 1. The zero-order chi connectivity index (χ0) is 23.5. The van der Waals surface area contributed by atoms with Crippen molar-refractivity contribution < 1.29 is 19.8 Å². The van der Waals surface area contributed by atoms with E-state index in [1.54, 1.807) is 28.0 Å². The lowest BCUT2D eigenvalue weighted by Gasteiger charge is -2.43. The van der Waals surface area contributed by atoms with Gasteiger partial charge in [0.1, 0.15) is 0 Å². The number of halogens is 2. The Morgan fingerprint density at radius 3 is 2.56 bits per heavy atom. The number of carbonyl (C=O) groups is 2. The van der Waals surface area contributed by atoms with E-state index >= 15 is 0 Å². The molecule has 0 saturated carbocycles. The van der Waals surface area contributed by atoms with Crippen LogP contribution in [0.3, 0.4) is 0 Å². The molecule has 2 heterocycles. The highest BCUT2D eigenvalue weighted by molar-refractivity contribution is 6.42. The summed E-state index contributed by atoms with van der Waals surface area (Å²) in [6.45, 7) is 7.06. The number of likely N-dealkylation sites (tertiary alicyclic amines) is 1. The number of aliphatic hydroxyl groups is 2. The Balaban J connectivity index is 1.44. The summed E-state index contributed by atoms with van der Waals surface area (Å²) in [5.41, 5.74) is 0.0473. The average Bonchev–Trinajstić information content (AvgIpc) is 2.76. The minimum absolute atomic E-state index is 0.0105. The Morgan fingerprint density at radius 1 is 1.19 bits per heavy atom. The number of amides is 3. The van der Waals surface area contributed by atoms with E-state index in [-0.39, 0.29) is 31.1 Å². The molecule has 0 radical (unpaired) electrons. The molecule has 2 fully saturated rings. The van der Waals surface area contributed by atoms with E-state index in [1.165, 1.54) is 0 Å². The van der Waals surface area contributed by atoms with Crippen LogP contribution in [0, 0.1) is 5.41 Å². The van der Waals surface area contributed by atoms with Crippen LogP contribution in [-0.4, -0.2) is 94.9 Å². The van der Waals surface area contributed by atoms with E-state index in [0.29, 0.717) is 61.3 Å². The molecule has 3 rings (SSSR count). The maximum Gasteiger partial charge on any atom is 0.322 e. The number of piperazine rings is 1. The molecule has 3 N–H and O–H groups in total. The Bertz CT molecular complexity index is 842. The first-order valence-electron chi connectivity index (χ1n) is 10.9. The van der Waals surface area contributed by atoms with Gasteiger partial charge in [-0.05, 0) is 31.5 Å². The molecular weight excluding hydrogens is 455 g/mol. The van der Waals surface area contributed by atoms with Gasteiger partial charge in [0.15, 0.2) is 0 Å². The fraction of sp³-hybridized carbons (Fsp3) is 0.636. The summed E-state index contributed by atoms with van der Waals surface area (Å²) in [6.07, 6.45) is 0.230. The van der Waals surface area contributed by atoms with E-state index in [0.717, 1.165) is 0 Å². The number of β-amino-alcohol motifs (C(OH)–C–C–N with tert-alkyl or cyclic N) is 1. The van der Waals surface area contributed by atoms with Crippen LogP contribution >= 0.6 is 23.2 Å². The molecule has 2 aliphatic heterocycles. The lowest BCUT2D eigenvalue weighted by atomic mass is 9.78. The minimum Gasteiger partial charge on any atom is -0.396 e. The van der Waals surface area contributed by atoms with Gasteiger partial charge in [0.2, 0.25) is 5.91 Å². The van der Waals surface area contributed by atoms with Gasteiger partial charge in [0.25, 0.3) is 0 Å². The standard InChI is InChI=1S/C22H32Cl2N4O4/c1-15-12-26(7-5-20(31)27-8-6-22(2,14-29)19(30)13-27)9-10-28(15)21(32)25-16-3-4-17(23)18(24)11-16/h3-4,11,15,19,29-30H,5-10,12-14H2,1-2H3,(H,25,32)/t15-,19+,22+/m0/s1. The summed E-state index contributed by atoms with van der Waals surface area (Å²) in [4.78, 5) is 31.0. The summed E-state index contributed by atoms with van der Waals surface area (Å²) in [7, 11) is 0. The maximum atomic E-state index is 12.7. The predicted molar refractivity (Wildman–Crippen MR) is 125 cm³/mol. The van der Waals surface area contributed by atoms with Crippen molar-refractivity contribution in [3.63, 3.8) is 0 Å². The van der Waals surface area contributed by atoms with Crippen molar-refractivity contribution in [2.45, 2.75) is 38.8 Å². The van der Waals surface area contributed by atoms with Gasteiger partial charge in [0, 0.05) is 62.8 Å². The average molecular weight is 487 g/mol. The van der Waals surface area contributed by atoms with Crippen molar-refractivity contribution in [2.75, 3.05) is 51.2 Å². The Hall–Kier alpha value is -1.58. The third-order valence-corrected chi connectivity index (χ3v) is 7.39. The van der Waals surface area contributed by atoms with Crippen molar-refractivity contribution in [3.8, 4) is 0 Å². The smallest absolute Gasteiger partial charge is 0.322 e. The van der Waals surface area contributed by atoms with E-state index in [4.69, 9.17) is 23.2 Å². The first kappa shape index (κ1) is 25.1. The number of urea groups is 1. The van der Waals surface area contributed by atoms with Crippen molar-refractivity contribution in [1.82, 2.24) is 14.7 Å². The predicted octanol–water partition coefficient (Wildman–Crippen LogP) is 2.51. The zero-order valence-corrected chi connectivity index (χ0v) is 20.1. The van der Waals surface area contributed by atoms with Crippen LogP contribution in [0.1, 0.15) is 26.7 Å². The number of hydrogen-bond donors (Lipinski definition) is 3. The molecule has 2 saturated heterocycles. The maximum absolute atomic E-state index is 12.7. The van der Waals surface area contributed by atoms with Crippen molar-refractivity contribution in [2.24, 2.45) is 5.41 Å². The van der Waals surface area contributed by atoms with Crippen LogP contribution in [0.2, 0.25) is 10.0 Å². The third-order valence-electron chi connectivity index (χ3n) is 6.65. The number of hydrogen-bond acceptors (Lipinski definition) is 5. The van der Waals surface area contributed by atoms with Crippen molar-refractivity contribution in [3.05, 3.63) is 28.2 Å². The zero-order valence-electron chi connectivity index (χ0n) is 18.6. The molecule has 10 heteroatoms. The number of rotatable bonds is 5. The van der Waals surface area contributed by atoms with Gasteiger partial charge in [-0.25, -0.2) is 4.79 Å². The van der Waals surface area contributed by atoms with Gasteiger partial charge in [0.05, 0.1) is 22.8 Å². The van der Waals surface area contributed by atoms with Crippen LogP contribution in [-0.2, 0) is 4.79 Å². The molecule has 0 aliphatic carbocycles. The number of benzene rings is 1. The second-order valence-corrected chi connectivity index (χ2v) is 9.88. The van der Waals surface area contributed by atoms with Crippen LogP contribution in [0.15, 0.2) is 18.2 Å². The molecule has 0 unspecified atom stereocenters. The van der Waals surface area contributed by atoms with E-state index in [1.807, 2.05) is 13.8 Å². The highest BCUT2D eigenvalue weighted by Crippen LogP contribution is 2.31. The van der Waals surface area contributed by atoms with Gasteiger partial charge in [-0.1, -0.05) is 30.1 Å². The van der Waals surface area contributed by atoms with Gasteiger partial charge in [-0.3, -0.25) is 9.69 Å². The van der Waals surface area contributed by atoms with E-state index < -0.39 is 11.5 Å². The Morgan fingerprint density at radius 2 is 1.94 bits per heavy atom. The Kier molecular flexibility index (Phi) is 8.27. The van der Waals surface area contributed by atoms with Gasteiger partial charge >= 0.3 is 6.03 Å². The lowest BCUT2D eigenvalue weighted by molar-refractivity contribution is -0.140. The number of aliphatic hydroxyl groups excluding tert-OH is 2. The highest BCUT2D eigenvalue weighted by Gasteiger charge is 2.39. The van der Waals surface area contributed by atoms with Crippen LogP contribution in [0.4, 0.5) is 10.5 Å². The molecule has 1 aromatic rings. The van der Waals surface area contributed by atoms with Crippen LogP contribution in [0.25, 0.3) is 0 Å². The molecule has 0 aromatic heterocycles. The summed E-state index contributed by atoms with van der Waals surface area (Å²) in [5.74, 6) is 0.0106. The molecule has 0 bridgehead atoms. The fourth-order valence-corrected chi connectivity index (χ4v) is 4.51. The summed E-state index contributed by atoms with van der Waals surface area (Å²) < 4.78 is 0. The van der Waals surface area contributed by atoms with E-state index in [2.05, 4.69) is 10.2 Å². The fourth-order valence-electron chi connectivity index (χ4n) is 4.21. The first-order chi connectivity index (χ1) is 15.1. The normalized spacial score (nSPS) is 26.8. The van der Waals surface area contributed by atoms with Crippen LogP contribution in [0.5, 0.6) is 0 Å². The van der Waals surface area contributed by atoms with Crippen molar-refractivity contribution >= 4 is 40.8 Å². The minimum atomic E-state index is -0.720. The molecule has 32 heavy (non-hydrogen) atoms. The van der Waals surface area contributed by atoms with Gasteiger partial charge < -0.3 is 25.3 Å². The van der Waals surface area contributed by atoms with Crippen molar-refractivity contribution in [1.29, 1.82) is 0 Å². The lowest BCUT2D eigenvalue weighted by Crippen LogP contribution is -2.56. The second-order valence-electron chi connectivity index (χ2n) is 9.07. The second kappa shape index (κ2) is 10.6. The van der Waals surface area contributed by atoms with E-state index in [9.17, 15) is 19.8 Å². The summed E-state index contributed by atoms with van der Waals surface area (Å²) >= 11 is 11.9. The highest BCUT2D eigenvalue weighted by atomic mass is 35.5. The summed E-state index contributed by atoms with van der Waals surface area (Å²) in [6, 6.07) is 4.77. The number of nitrogens with one attached hydrogen (secondary N) is 1. The Labute approximate surface area is 199 Å². The van der Waals surface area contributed by atoms with Crippen LogP contribution < -0.4 is 5.32 Å². The molecule has 8 nitrogen and oxygen atoms in total. The quantitative estimate of drug-likeness (QED) is 0.593. The number of carbonyl (C=O) groups excluding carboxylic acids is 2. The molecule has 1 aromatic carbocycles. The topological polar surface area (TPSA) is 96.3 Å². The molecule has 3 atom stereocenters. The molecule has 2 aliphatic rings. The molecule has 178 valence electrons. The molecule has 0 spiro atoms. The number of nitrogens with zero attached hydrogens (tertiary/aromatic N) is 3. The molecular formula is C22H32Cl2N4O4. The van der Waals surface area contributed by atoms with Gasteiger partial charge in [-0.15, -0.1) is 0 Å². The number of anilines is 1. The monoisotopic (exact) mass is 486 g/mol. The first-order valence-corrected chi connectivity index (χ1v) is 11.7. The SMILES string of the molecule is C[C@H]1CN(CCC(=O)N2CC[C@](C)(CO)[C@H](O)C2)CCN1C(=O)Nc1ccc(Cl)c(Cl)c1.